The van der Waals surface area contributed by atoms with Crippen LogP contribution in [0, 0.1) is 31.6 Å². The van der Waals surface area contributed by atoms with Gasteiger partial charge in [-0.05, 0) is 75.6 Å². The number of nitrogens with one attached hydrogen (secondary N) is 2. The Morgan fingerprint density at radius 2 is 1.69 bits per heavy atom. The predicted molar refractivity (Wildman–Crippen MR) is 149 cm³/mol. The lowest BCUT2D eigenvalue weighted by Gasteiger charge is -2.36. The molecule has 3 fully saturated rings. The molecule has 3 aliphatic heterocycles. The van der Waals surface area contributed by atoms with E-state index in [0.717, 1.165) is 23.2 Å². The third-order valence-electron chi connectivity index (χ3n) is 9.17. The second-order valence-electron chi connectivity index (χ2n) is 11.6. The number of ether oxygens (including phenoxy) is 1. The number of aliphatic hydroxyl groups is 1. The molecule has 2 aromatic carbocycles. The van der Waals surface area contributed by atoms with Crippen molar-refractivity contribution < 1.29 is 24.2 Å². The fourth-order valence-corrected chi connectivity index (χ4v) is 7.20. The summed E-state index contributed by atoms with van der Waals surface area (Å²) < 4.78 is 6.79. The van der Waals surface area contributed by atoms with E-state index in [4.69, 9.17) is 4.74 Å². The van der Waals surface area contributed by atoms with E-state index in [1.54, 1.807) is 4.90 Å². The smallest absolute Gasteiger partial charge is 0.250 e. The summed E-state index contributed by atoms with van der Waals surface area (Å²) in [6.45, 7) is 8.30. The van der Waals surface area contributed by atoms with Gasteiger partial charge in [0, 0.05) is 24.5 Å². The fraction of sp³-hybridized carbons (Fsp3) is 0.516. The van der Waals surface area contributed by atoms with E-state index >= 15 is 0 Å². The van der Waals surface area contributed by atoms with Crippen LogP contribution in [0.3, 0.4) is 0 Å². The highest BCUT2D eigenvalue weighted by molar-refractivity contribution is 6.05. The molecule has 5 rings (SSSR count). The van der Waals surface area contributed by atoms with Crippen LogP contribution in [-0.2, 0) is 19.1 Å². The second-order valence-corrected chi connectivity index (χ2v) is 11.6. The van der Waals surface area contributed by atoms with Gasteiger partial charge in [-0.3, -0.25) is 14.4 Å². The number of aliphatic hydroxyl groups excluding tert-OH is 1. The monoisotopic (exact) mass is 533 g/mol. The Morgan fingerprint density at radius 1 is 1.00 bits per heavy atom. The Morgan fingerprint density at radius 3 is 2.36 bits per heavy atom. The highest BCUT2D eigenvalue weighted by atomic mass is 16.5. The van der Waals surface area contributed by atoms with Crippen LogP contribution in [0.15, 0.2) is 48.5 Å². The third-order valence-corrected chi connectivity index (χ3v) is 9.17. The van der Waals surface area contributed by atoms with Gasteiger partial charge in [0.15, 0.2) is 0 Å². The molecule has 3 amide bonds. The maximum Gasteiger partial charge on any atom is 0.250 e. The standard InChI is InChI=1S/C31H39N3O5/c1-19-12-11-13-20(2)25(19)33-28(37)26-31-18-21(3)30(4,39-31)23(27(36)32-22-14-7-5-8-15-22)24(31)29(38)34(26)16-9-6-10-17-35/h5,7-8,11-15,21,23-24,26,35H,6,9-10,16-18H2,1-4H3,(H,32,36)(H,33,37)/t21?,23-,24+,26?,30+,31?/m1/s1. The quantitative estimate of drug-likeness (QED) is 0.422. The predicted octanol–water partition coefficient (Wildman–Crippen LogP) is 4.05. The van der Waals surface area contributed by atoms with E-state index in [2.05, 4.69) is 10.6 Å². The molecule has 3 unspecified atom stereocenters. The number of rotatable bonds is 9. The molecule has 8 nitrogen and oxygen atoms in total. The molecule has 3 saturated heterocycles. The average Bonchev–Trinajstić information content (AvgIpc) is 3.41. The number of carbonyl (C=O) groups excluding carboxylic acids is 3. The molecule has 0 radical (unpaired) electrons. The number of unbranched alkanes of at least 4 members (excludes halogenated alkanes) is 2. The number of hydrogen-bond acceptors (Lipinski definition) is 5. The van der Waals surface area contributed by atoms with Gasteiger partial charge < -0.3 is 25.4 Å². The van der Waals surface area contributed by atoms with E-state index in [1.807, 2.05) is 76.2 Å². The van der Waals surface area contributed by atoms with Crippen LogP contribution in [0.2, 0.25) is 0 Å². The summed E-state index contributed by atoms with van der Waals surface area (Å²) in [4.78, 5) is 43.8. The molecule has 2 aromatic rings. The maximum atomic E-state index is 14.2. The topological polar surface area (TPSA) is 108 Å². The Hall–Kier alpha value is -3.23. The van der Waals surface area contributed by atoms with Gasteiger partial charge in [-0.15, -0.1) is 0 Å². The molecule has 3 heterocycles. The van der Waals surface area contributed by atoms with Crippen LogP contribution in [0.25, 0.3) is 0 Å². The molecular formula is C31H39N3O5. The van der Waals surface area contributed by atoms with Gasteiger partial charge in [0.25, 0.3) is 0 Å². The summed E-state index contributed by atoms with van der Waals surface area (Å²) in [5, 5.41) is 15.4. The number of likely N-dealkylation sites (tertiary alicyclic amines) is 1. The molecule has 208 valence electrons. The van der Waals surface area contributed by atoms with E-state index < -0.39 is 29.1 Å². The zero-order valence-electron chi connectivity index (χ0n) is 23.2. The van der Waals surface area contributed by atoms with Crippen molar-refractivity contribution in [2.75, 3.05) is 23.8 Å². The van der Waals surface area contributed by atoms with Crippen molar-refractivity contribution in [3.05, 3.63) is 59.7 Å². The number of para-hydroxylation sites is 2. The highest BCUT2D eigenvalue weighted by Crippen LogP contribution is 2.65. The van der Waals surface area contributed by atoms with Crippen LogP contribution in [-0.4, -0.2) is 58.1 Å². The van der Waals surface area contributed by atoms with Crippen LogP contribution in [0.1, 0.15) is 50.7 Å². The Bertz CT molecular complexity index is 1250. The number of hydrogen-bond donors (Lipinski definition) is 3. The van der Waals surface area contributed by atoms with Gasteiger partial charge in [0.05, 0.1) is 17.4 Å². The molecule has 1 spiro atoms. The minimum absolute atomic E-state index is 0.0297. The molecule has 39 heavy (non-hydrogen) atoms. The number of aryl methyl sites for hydroxylation is 2. The minimum atomic E-state index is -1.10. The zero-order chi connectivity index (χ0) is 27.9. The van der Waals surface area contributed by atoms with Gasteiger partial charge in [-0.1, -0.05) is 43.3 Å². The normalized spacial score (nSPS) is 30.9. The van der Waals surface area contributed by atoms with Crippen molar-refractivity contribution in [2.24, 2.45) is 17.8 Å². The van der Waals surface area contributed by atoms with E-state index in [9.17, 15) is 19.5 Å². The number of fused-ring (bicyclic) bond motifs is 1. The van der Waals surface area contributed by atoms with Crippen molar-refractivity contribution in [2.45, 2.75) is 70.6 Å². The van der Waals surface area contributed by atoms with Crippen molar-refractivity contribution in [1.29, 1.82) is 0 Å². The maximum absolute atomic E-state index is 14.2. The van der Waals surface area contributed by atoms with Gasteiger partial charge in [-0.2, -0.15) is 0 Å². The first kappa shape index (κ1) is 27.3. The van der Waals surface area contributed by atoms with Crippen molar-refractivity contribution >= 4 is 29.1 Å². The van der Waals surface area contributed by atoms with Crippen molar-refractivity contribution in [1.82, 2.24) is 4.90 Å². The van der Waals surface area contributed by atoms with Gasteiger partial charge in [0.2, 0.25) is 17.7 Å². The minimum Gasteiger partial charge on any atom is -0.396 e. The summed E-state index contributed by atoms with van der Waals surface area (Å²) in [6, 6.07) is 14.2. The van der Waals surface area contributed by atoms with Crippen LogP contribution in [0.4, 0.5) is 11.4 Å². The summed E-state index contributed by atoms with van der Waals surface area (Å²) in [6.07, 6.45) is 2.53. The summed E-state index contributed by atoms with van der Waals surface area (Å²) in [7, 11) is 0. The molecule has 2 bridgehead atoms. The first-order valence-electron chi connectivity index (χ1n) is 14.0. The van der Waals surface area contributed by atoms with Crippen molar-refractivity contribution in [3.8, 4) is 0 Å². The number of anilines is 2. The first-order valence-corrected chi connectivity index (χ1v) is 14.0. The number of carbonyl (C=O) groups is 3. The largest absolute Gasteiger partial charge is 0.396 e. The molecule has 8 heteroatoms. The lowest BCUT2D eigenvalue weighted by atomic mass is 9.62. The lowest BCUT2D eigenvalue weighted by molar-refractivity contribution is -0.144. The molecule has 6 atom stereocenters. The van der Waals surface area contributed by atoms with E-state index in [1.165, 1.54) is 0 Å². The molecule has 0 aromatic heterocycles. The Balaban J connectivity index is 1.52. The SMILES string of the molecule is Cc1cccc(C)c1NC(=O)C1N(CCCCCO)C(=O)[C@@H]2[C@H](C(=O)Nc3ccccc3)[C@@]3(C)OC12CC3C. The second kappa shape index (κ2) is 10.4. The van der Waals surface area contributed by atoms with E-state index in [0.29, 0.717) is 31.5 Å². The third kappa shape index (κ3) is 4.43. The van der Waals surface area contributed by atoms with Crippen molar-refractivity contribution in [3.63, 3.8) is 0 Å². The average molecular weight is 534 g/mol. The van der Waals surface area contributed by atoms with Gasteiger partial charge in [-0.25, -0.2) is 0 Å². The highest BCUT2D eigenvalue weighted by Gasteiger charge is 2.79. The lowest BCUT2D eigenvalue weighted by Crippen LogP contribution is -2.54. The molecule has 0 saturated carbocycles. The van der Waals surface area contributed by atoms with Crippen LogP contribution in [0.5, 0.6) is 0 Å². The molecule has 3 aliphatic rings. The van der Waals surface area contributed by atoms with Crippen LogP contribution >= 0.6 is 0 Å². The Kier molecular flexibility index (Phi) is 7.29. The zero-order valence-corrected chi connectivity index (χ0v) is 23.2. The molecule has 0 aliphatic carbocycles. The number of amides is 3. The number of benzene rings is 2. The molecular weight excluding hydrogens is 494 g/mol. The first-order chi connectivity index (χ1) is 18.6. The number of nitrogens with zero attached hydrogens (tertiary/aromatic N) is 1. The van der Waals surface area contributed by atoms with Crippen LogP contribution < -0.4 is 10.6 Å². The summed E-state index contributed by atoms with van der Waals surface area (Å²) in [5.74, 6) is -2.26. The summed E-state index contributed by atoms with van der Waals surface area (Å²) in [5.41, 5.74) is 1.30. The Labute approximate surface area is 230 Å². The summed E-state index contributed by atoms with van der Waals surface area (Å²) >= 11 is 0. The van der Waals surface area contributed by atoms with Gasteiger partial charge in [0.1, 0.15) is 11.6 Å². The van der Waals surface area contributed by atoms with E-state index in [-0.39, 0.29) is 30.2 Å². The van der Waals surface area contributed by atoms with Gasteiger partial charge >= 0.3 is 0 Å². The molecule has 3 N–H and O–H groups in total. The fourth-order valence-electron chi connectivity index (χ4n) is 7.20.